The van der Waals surface area contributed by atoms with Crippen LogP contribution in [0.4, 0.5) is 0 Å². The van der Waals surface area contributed by atoms with E-state index in [0.717, 1.165) is 6.42 Å². The van der Waals surface area contributed by atoms with Crippen molar-refractivity contribution in [3.8, 4) is 0 Å². The summed E-state index contributed by atoms with van der Waals surface area (Å²) in [5, 5.41) is 9.87. The van der Waals surface area contributed by atoms with Crippen molar-refractivity contribution in [2.45, 2.75) is 43.7 Å². The molecule has 3 heteroatoms. The van der Waals surface area contributed by atoms with E-state index < -0.39 is 6.10 Å². The van der Waals surface area contributed by atoms with Gasteiger partial charge in [-0.3, -0.25) is 0 Å². The standard InChI is InChI=1S/C10H16O3/c1-4-7-8(11)10(6-12-10)5-9(2,3)13-7/h4,7-8,11H,1,5-6H2,2-3H3/t7-,8?,10-/m1/s1. The van der Waals surface area contributed by atoms with Gasteiger partial charge in [0.15, 0.2) is 0 Å². The number of ether oxygens (including phenoxy) is 2. The Morgan fingerprint density at radius 1 is 1.54 bits per heavy atom. The van der Waals surface area contributed by atoms with Crippen LogP contribution in [0.3, 0.4) is 0 Å². The van der Waals surface area contributed by atoms with Crippen molar-refractivity contribution >= 4 is 0 Å². The van der Waals surface area contributed by atoms with E-state index in [9.17, 15) is 5.11 Å². The van der Waals surface area contributed by atoms with Crippen LogP contribution >= 0.6 is 0 Å². The first kappa shape index (κ1) is 9.19. The van der Waals surface area contributed by atoms with Gasteiger partial charge in [0.1, 0.15) is 17.8 Å². The highest BCUT2D eigenvalue weighted by Crippen LogP contribution is 2.46. The van der Waals surface area contributed by atoms with Crippen LogP contribution in [0.15, 0.2) is 12.7 Å². The third-order valence-electron chi connectivity index (χ3n) is 2.78. The lowest BCUT2D eigenvalue weighted by Crippen LogP contribution is -2.53. The predicted octanol–water partition coefficient (Wildman–Crippen LogP) is 0.870. The van der Waals surface area contributed by atoms with E-state index in [-0.39, 0.29) is 17.3 Å². The minimum Gasteiger partial charge on any atom is -0.387 e. The highest BCUT2D eigenvalue weighted by Gasteiger charge is 2.60. The molecular weight excluding hydrogens is 168 g/mol. The van der Waals surface area contributed by atoms with Gasteiger partial charge in [0.2, 0.25) is 0 Å². The second-order valence-corrected chi connectivity index (χ2v) is 4.55. The molecule has 0 aromatic carbocycles. The Morgan fingerprint density at radius 3 is 2.62 bits per heavy atom. The quantitative estimate of drug-likeness (QED) is 0.485. The molecule has 0 radical (unpaired) electrons. The van der Waals surface area contributed by atoms with Crippen LogP contribution in [0.1, 0.15) is 20.3 Å². The molecule has 2 fully saturated rings. The summed E-state index contributed by atoms with van der Waals surface area (Å²) in [5.41, 5.74) is -0.574. The Labute approximate surface area is 78.3 Å². The highest BCUT2D eigenvalue weighted by atomic mass is 16.6. The molecular formula is C10H16O3. The minimum absolute atomic E-state index is 0.228. The molecule has 3 nitrogen and oxygen atoms in total. The molecule has 2 aliphatic heterocycles. The molecule has 1 unspecified atom stereocenters. The van der Waals surface area contributed by atoms with E-state index in [4.69, 9.17) is 9.47 Å². The molecule has 1 spiro atoms. The Bertz CT molecular complexity index is 230. The minimum atomic E-state index is -0.557. The molecule has 2 heterocycles. The fourth-order valence-electron chi connectivity index (χ4n) is 2.14. The van der Waals surface area contributed by atoms with Crippen molar-refractivity contribution in [3.63, 3.8) is 0 Å². The van der Waals surface area contributed by atoms with Gasteiger partial charge in [0, 0.05) is 6.42 Å². The van der Waals surface area contributed by atoms with E-state index in [1.54, 1.807) is 6.08 Å². The second kappa shape index (κ2) is 2.56. The summed E-state index contributed by atoms with van der Waals surface area (Å²) in [6.45, 7) is 8.32. The summed E-state index contributed by atoms with van der Waals surface area (Å²) in [4.78, 5) is 0. The number of hydrogen-bond donors (Lipinski definition) is 1. The highest BCUT2D eigenvalue weighted by molar-refractivity contribution is 5.12. The maximum absolute atomic E-state index is 9.87. The number of rotatable bonds is 1. The van der Waals surface area contributed by atoms with Crippen LogP contribution in [0.2, 0.25) is 0 Å². The first-order valence-corrected chi connectivity index (χ1v) is 4.62. The SMILES string of the molecule is C=C[C@H]1OC(C)(C)C[C@@]2(CO2)C1O. The average Bonchev–Trinajstić information content (AvgIpc) is 2.77. The molecule has 0 aromatic heterocycles. The van der Waals surface area contributed by atoms with Crippen molar-refractivity contribution in [1.29, 1.82) is 0 Å². The van der Waals surface area contributed by atoms with Crippen molar-refractivity contribution in [1.82, 2.24) is 0 Å². The molecule has 0 aromatic rings. The summed E-state index contributed by atoms with van der Waals surface area (Å²) in [6, 6.07) is 0. The smallest absolute Gasteiger partial charge is 0.123 e. The van der Waals surface area contributed by atoms with Crippen LogP contribution in [0.25, 0.3) is 0 Å². The molecule has 0 amide bonds. The largest absolute Gasteiger partial charge is 0.387 e. The van der Waals surface area contributed by atoms with Gasteiger partial charge in [-0.15, -0.1) is 6.58 Å². The summed E-state index contributed by atoms with van der Waals surface area (Å²) in [6.07, 6.45) is 1.55. The van der Waals surface area contributed by atoms with Crippen LogP contribution < -0.4 is 0 Å². The van der Waals surface area contributed by atoms with Gasteiger partial charge in [-0.1, -0.05) is 6.08 Å². The lowest BCUT2D eigenvalue weighted by atomic mass is 9.83. The normalized spacial score (nSPS) is 47.6. The van der Waals surface area contributed by atoms with E-state index in [0.29, 0.717) is 6.61 Å². The van der Waals surface area contributed by atoms with Crippen LogP contribution in [-0.4, -0.2) is 35.1 Å². The van der Waals surface area contributed by atoms with Gasteiger partial charge in [0.25, 0.3) is 0 Å². The fourth-order valence-corrected chi connectivity index (χ4v) is 2.14. The predicted molar refractivity (Wildman–Crippen MR) is 48.5 cm³/mol. The molecule has 1 N–H and O–H groups in total. The maximum atomic E-state index is 9.87. The molecule has 3 atom stereocenters. The van der Waals surface area contributed by atoms with Gasteiger partial charge < -0.3 is 14.6 Å². The zero-order valence-corrected chi connectivity index (χ0v) is 8.12. The molecule has 74 valence electrons. The topological polar surface area (TPSA) is 42.0 Å². The summed E-state index contributed by atoms with van der Waals surface area (Å²) in [7, 11) is 0. The van der Waals surface area contributed by atoms with E-state index in [2.05, 4.69) is 6.58 Å². The van der Waals surface area contributed by atoms with Crippen molar-refractivity contribution in [2.75, 3.05) is 6.61 Å². The number of aliphatic hydroxyl groups is 1. The first-order chi connectivity index (χ1) is 5.99. The van der Waals surface area contributed by atoms with Crippen LogP contribution in [0.5, 0.6) is 0 Å². The molecule has 0 bridgehead atoms. The third kappa shape index (κ3) is 1.41. The van der Waals surface area contributed by atoms with Crippen molar-refractivity contribution < 1.29 is 14.6 Å². The van der Waals surface area contributed by atoms with Crippen LogP contribution in [0, 0.1) is 0 Å². The number of epoxide rings is 1. The van der Waals surface area contributed by atoms with Crippen molar-refractivity contribution in [2.24, 2.45) is 0 Å². The molecule has 2 aliphatic rings. The zero-order chi connectivity index (χ0) is 9.69. The maximum Gasteiger partial charge on any atom is 0.123 e. The number of aliphatic hydroxyl groups excluding tert-OH is 1. The van der Waals surface area contributed by atoms with E-state index in [1.807, 2.05) is 13.8 Å². The van der Waals surface area contributed by atoms with Gasteiger partial charge >= 0.3 is 0 Å². The Morgan fingerprint density at radius 2 is 2.15 bits per heavy atom. The molecule has 13 heavy (non-hydrogen) atoms. The molecule has 0 saturated carbocycles. The lowest BCUT2D eigenvalue weighted by Gasteiger charge is -2.41. The van der Waals surface area contributed by atoms with Crippen LogP contribution in [-0.2, 0) is 9.47 Å². The first-order valence-electron chi connectivity index (χ1n) is 4.62. The Balaban J connectivity index is 2.20. The Kier molecular flexibility index (Phi) is 1.81. The average molecular weight is 184 g/mol. The summed E-state index contributed by atoms with van der Waals surface area (Å²) >= 11 is 0. The number of hydrogen-bond acceptors (Lipinski definition) is 3. The van der Waals surface area contributed by atoms with E-state index in [1.165, 1.54) is 0 Å². The Hall–Kier alpha value is -0.380. The monoisotopic (exact) mass is 184 g/mol. The van der Waals surface area contributed by atoms with Gasteiger partial charge in [-0.2, -0.15) is 0 Å². The zero-order valence-electron chi connectivity index (χ0n) is 8.12. The van der Waals surface area contributed by atoms with E-state index >= 15 is 0 Å². The molecule has 2 rings (SSSR count). The summed E-state index contributed by atoms with van der Waals surface area (Å²) < 4.78 is 11.0. The summed E-state index contributed by atoms with van der Waals surface area (Å²) in [5.74, 6) is 0. The third-order valence-corrected chi connectivity index (χ3v) is 2.78. The fraction of sp³-hybridized carbons (Fsp3) is 0.800. The van der Waals surface area contributed by atoms with Crippen molar-refractivity contribution in [3.05, 3.63) is 12.7 Å². The lowest BCUT2D eigenvalue weighted by molar-refractivity contribution is -0.171. The van der Waals surface area contributed by atoms with Gasteiger partial charge in [0.05, 0.1) is 12.2 Å². The van der Waals surface area contributed by atoms with Gasteiger partial charge in [-0.25, -0.2) is 0 Å². The van der Waals surface area contributed by atoms with Gasteiger partial charge in [-0.05, 0) is 13.8 Å². The second-order valence-electron chi connectivity index (χ2n) is 4.55. The molecule has 2 saturated heterocycles. The molecule has 0 aliphatic carbocycles.